The number of ether oxygens (including phenoxy) is 2. The number of carbonyl (C=O) groups is 1. The number of aromatic nitrogens is 1. The highest BCUT2D eigenvalue weighted by molar-refractivity contribution is 5.91. The van der Waals surface area contributed by atoms with Crippen LogP contribution in [-0.2, 0) is 9.47 Å². The monoisotopic (exact) mass is 236 g/mol. The van der Waals surface area contributed by atoms with Crippen molar-refractivity contribution in [1.29, 1.82) is 0 Å². The maximum atomic E-state index is 11.7. The highest BCUT2D eigenvalue weighted by atomic mass is 16.7. The molecule has 1 heterocycles. The number of rotatable bonds is 5. The molecule has 0 amide bonds. The van der Waals surface area contributed by atoms with Crippen LogP contribution < -0.4 is 5.73 Å². The second kappa shape index (κ2) is 5.14. The summed E-state index contributed by atoms with van der Waals surface area (Å²) in [6, 6.07) is 1.56. The lowest BCUT2D eigenvalue weighted by atomic mass is 10.2. The smallest absolute Gasteiger partial charge is 0.342 e. The predicted molar refractivity (Wildman–Crippen MR) is 62.3 cm³/mol. The van der Waals surface area contributed by atoms with Gasteiger partial charge in [0, 0.05) is 0 Å². The quantitative estimate of drug-likeness (QED) is 0.476. The average Bonchev–Trinajstić information content (AvgIpc) is 3.11. The molecular weight excluding hydrogens is 220 g/mol. The zero-order valence-electron chi connectivity index (χ0n) is 9.81. The highest BCUT2D eigenvalue weighted by Gasteiger charge is 2.21. The van der Waals surface area contributed by atoms with E-state index in [9.17, 15) is 4.79 Å². The maximum absolute atomic E-state index is 11.7. The van der Waals surface area contributed by atoms with Crippen LogP contribution in [-0.4, -0.2) is 24.4 Å². The van der Waals surface area contributed by atoms with E-state index in [1.54, 1.807) is 13.0 Å². The Morgan fingerprint density at radius 3 is 3.06 bits per heavy atom. The van der Waals surface area contributed by atoms with Crippen LogP contribution in [0.3, 0.4) is 0 Å². The van der Waals surface area contributed by atoms with Gasteiger partial charge in [-0.2, -0.15) is 0 Å². The lowest BCUT2D eigenvalue weighted by Crippen LogP contribution is -2.12. The average molecular weight is 236 g/mol. The molecule has 1 fully saturated rings. The van der Waals surface area contributed by atoms with E-state index in [2.05, 4.69) is 4.98 Å². The molecule has 5 nitrogen and oxygen atoms in total. The molecule has 0 bridgehead atoms. The Labute approximate surface area is 99.9 Å². The van der Waals surface area contributed by atoms with Crippen molar-refractivity contribution < 1.29 is 14.3 Å². The first-order valence-corrected chi connectivity index (χ1v) is 5.64. The minimum atomic E-state index is -0.446. The van der Waals surface area contributed by atoms with E-state index < -0.39 is 5.97 Å². The molecule has 0 atom stereocenters. The summed E-state index contributed by atoms with van der Waals surface area (Å²) in [7, 11) is 0. The molecule has 0 aliphatic heterocycles. The third kappa shape index (κ3) is 3.42. The Kier molecular flexibility index (Phi) is 3.58. The number of carbonyl (C=O) groups excluding carboxylic acids is 1. The van der Waals surface area contributed by atoms with Crippen molar-refractivity contribution in [3.63, 3.8) is 0 Å². The largest absolute Gasteiger partial charge is 0.435 e. The van der Waals surface area contributed by atoms with E-state index in [-0.39, 0.29) is 6.79 Å². The molecule has 1 aliphatic rings. The Balaban J connectivity index is 1.82. The van der Waals surface area contributed by atoms with Crippen LogP contribution in [0.1, 0.15) is 28.9 Å². The van der Waals surface area contributed by atoms with Gasteiger partial charge in [0.05, 0.1) is 29.7 Å². The SMILES string of the molecule is Cc1ncc(N)cc1C(=O)OCOCC1CC1. The molecule has 0 aromatic carbocycles. The minimum Gasteiger partial charge on any atom is -0.435 e. The van der Waals surface area contributed by atoms with Crippen LogP contribution in [0.2, 0.25) is 0 Å². The highest BCUT2D eigenvalue weighted by Crippen LogP contribution is 2.28. The lowest BCUT2D eigenvalue weighted by molar-refractivity contribution is -0.0345. The molecule has 1 aliphatic carbocycles. The first-order valence-electron chi connectivity index (χ1n) is 5.64. The van der Waals surface area contributed by atoms with Gasteiger partial charge in [-0.25, -0.2) is 4.79 Å². The van der Waals surface area contributed by atoms with Crippen molar-refractivity contribution in [3.05, 3.63) is 23.5 Å². The van der Waals surface area contributed by atoms with Crippen molar-refractivity contribution in [2.75, 3.05) is 19.1 Å². The molecule has 1 aromatic rings. The summed E-state index contributed by atoms with van der Waals surface area (Å²) >= 11 is 0. The van der Waals surface area contributed by atoms with E-state index in [4.69, 9.17) is 15.2 Å². The normalized spacial score (nSPS) is 14.6. The lowest BCUT2D eigenvalue weighted by Gasteiger charge is -2.07. The van der Waals surface area contributed by atoms with Gasteiger partial charge in [0.1, 0.15) is 0 Å². The van der Waals surface area contributed by atoms with Crippen LogP contribution in [0.25, 0.3) is 0 Å². The van der Waals surface area contributed by atoms with Gasteiger partial charge in [-0.3, -0.25) is 4.98 Å². The number of hydrogen-bond donors (Lipinski definition) is 1. The van der Waals surface area contributed by atoms with E-state index in [1.165, 1.54) is 19.0 Å². The maximum Gasteiger partial charge on any atom is 0.342 e. The Morgan fingerprint density at radius 2 is 2.35 bits per heavy atom. The topological polar surface area (TPSA) is 74.4 Å². The summed E-state index contributed by atoms with van der Waals surface area (Å²) in [5.74, 6) is 0.211. The van der Waals surface area contributed by atoms with Gasteiger partial charge in [-0.15, -0.1) is 0 Å². The van der Waals surface area contributed by atoms with Crippen LogP contribution in [0.4, 0.5) is 5.69 Å². The predicted octanol–water partition coefficient (Wildman–Crippen LogP) is 1.51. The number of anilines is 1. The van der Waals surface area contributed by atoms with E-state index in [0.717, 1.165) is 0 Å². The van der Waals surface area contributed by atoms with Crippen LogP contribution in [0, 0.1) is 12.8 Å². The van der Waals surface area contributed by atoms with Crippen LogP contribution >= 0.6 is 0 Å². The molecule has 0 saturated heterocycles. The summed E-state index contributed by atoms with van der Waals surface area (Å²) in [4.78, 5) is 15.7. The van der Waals surface area contributed by atoms with Crippen molar-refractivity contribution in [1.82, 2.24) is 4.98 Å². The van der Waals surface area contributed by atoms with Crippen molar-refractivity contribution in [2.45, 2.75) is 19.8 Å². The Bertz CT molecular complexity index is 416. The fourth-order valence-electron chi connectivity index (χ4n) is 1.43. The van der Waals surface area contributed by atoms with Gasteiger partial charge >= 0.3 is 5.97 Å². The molecule has 17 heavy (non-hydrogen) atoms. The Hall–Kier alpha value is -1.62. The standard InChI is InChI=1S/C12H16N2O3/c1-8-11(4-10(13)5-14-8)12(15)17-7-16-6-9-2-3-9/h4-5,9H,2-3,6-7,13H2,1H3. The third-order valence-corrected chi connectivity index (χ3v) is 2.65. The number of aryl methyl sites for hydroxylation is 1. The Morgan fingerprint density at radius 1 is 1.59 bits per heavy atom. The number of esters is 1. The second-order valence-corrected chi connectivity index (χ2v) is 4.27. The molecular formula is C12H16N2O3. The number of hydrogen-bond acceptors (Lipinski definition) is 5. The number of nitrogens with two attached hydrogens (primary N) is 1. The van der Waals surface area contributed by atoms with Gasteiger partial charge in [-0.1, -0.05) is 0 Å². The molecule has 92 valence electrons. The fourth-order valence-corrected chi connectivity index (χ4v) is 1.43. The van der Waals surface area contributed by atoms with Crippen molar-refractivity contribution in [3.8, 4) is 0 Å². The molecule has 5 heteroatoms. The summed E-state index contributed by atoms with van der Waals surface area (Å²) in [5.41, 5.74) is 7.00. The summed E-state index contributed by atoms with van der Waals surface area (Å²) in [6.07, 6.45) is 3.94. The molecule has 0 radical (unpaired) electrons. The van der Waals surface area contributed by atoms with Crippen LogP contribution in [0.15, 0.2) is 12.3 Å². The second-order valence-electron chi connectivity index (χ2n) is 4.27. The van der Waals surface area contributed by atoms with E-state index in [0.29, 0.717) is 29.5 Å². The summed E-state index contributed by atoms with van der Waals surface area (Å²) in [6.45, 7) is 2.39. The van der Waals surface area contributed by atoms with Gasteiger partial charge in [0.2, 0.25) is 0 Å². The van der Waals surface area contributed by atoms with E-state index in [1.807, 2.05) is 0 Å². The van der Waals surface area contributed by atoms with Crippen molar-refractivity contribution >= 4 is 11.7 Å². The minimum absolute atomic E-state index is 0.0103. The molecule has 2 rings (SSSR count). The first kappa shape index (κ1) is 11.9. The fraction of sp³-hybridized carbons (Fsp3) is 0.500. The van der Waals surface area contributed by atoms with Gasteiger partial charge < -0.3 is 15.2 Å². The summed E-state index contributed by atoms with van der Waals surface area (Å²) < 4.78 is 10.2. The van der Waals surface area contributed by atoms with Gasteiger partial charge in [-0.05, 0) is 31.7 Å². The van der Waals surface area contributed by atoms with Crippen LogP contribution in [0.5, 0.6) is 0 Å². The zero-order chi connectivity index (χ0) is 12.3. The molecule has 0 unspecified atom stereocenters. The van der Waals surface area contributed by atoms with Gasteiger partial charge in [0.15, 0.2) is 6.79 Å². The summed E-state index contributed by atoms with van der Waals surface area (Å²) in [5, 5.41) is 0. The first-order chi connectivity index (χ1) is 8.16. The van der Waals surface area contributed by atoms with Gasteiger partial charge in [0.25, 0.3) is 0 Å². The number of nitrogen functional groups attached to an aromatic ring is 1. The van der Waals surface area contributed by atoms with E-state index >= 15 is 0 Å². The molecule has 2 N–H and O–H groups in total. The van der Waals surface area contributed by atoms with Crippen molar-refractivity contribution in [2.24, 2.45) is 5.92 Å². The third-order valence-electron chi connectivity index (χ3n) is 2.65. The molecule has 1 aromatic heterocycles. The molecule has 1 saturated carbocycles. The number of nitrogens with zero attached hydrogens (tertiary/aromatic N) is 1. The number of pyridine rings is 1. The zero-order valence-corrected chi connectivity index (χ0v) is 9.81. The molecule has 0 spiro atoms.